The van der Waals surface area contributed by atoms with Crippen molar-refractivity contribution in [2.75, 3.05) is 13.2 Å². The third kappa shape index (κ3) is 11.0. The Morgan fingerprint density at radius 1 is 0.696 bits per heavy atom. The molecule has 0 saturated heterocycles. The molecule has 4 aromatic carbocycles. The fourth-order valence-corrected chi connectivity index (χ4v) is 6.24. The average molecular weight is 794 g/mol. The van der Waals surface area contributed by atoms with Crippen LogP contribution in [0.4, 0.5) is 0 Å². The number of rotatable bonds is 14. The van der Waals surface area contributed by atoms with Crippen molar-refractivity contribution in [2.24, 2.45) is 0 Å². The van der Waals surface area contributed by atoms with Crippen LogP contribution < -0.4 is 20.1 Å². The van der Waals surface area contributed by atoms with Crippen molar-refractivity contribution in [2.45, 2.75) is 38.8 Å². The zero-order chi connectivity index (χ0) is 39.9. The minimum Gasteiger partial charge on any atom is -0.505 e. The Labute approximate surface area is 335 Å². The molecular weight excluding hydrogens is 751 g/mol. The predicted octanol–water partition coefficient (Wildman–Crippen LogP) is 9.59. The molecule has 6 aromatic rings. The number of para-hydroxylation sites is 2. The maximum absolute atomic E-state index is 12.5. The van der Waals surface area contributed by atoms with Gasteiger partial charge in [0, 0.05) is 34.3 Å². The molecule has 0 aliphatic rings. The number of halogens is 2. The fourth-order valence-electron chi connectivity index (χ4n) is 5.70. The van der Waals surface area contributed by atoms with Crippen LogP contribution in [0.1, 0.15) is 49.9 Å². The summed E-state index contributed by atoms with van der Waals surface area (Å²) in [4.78, 5) is 33.3. The number of nitrogens with zero attached hydrogens (tertiary/aromatic N) is 2. The van der Waals surface area contributed by atoms with Gasteiger partial charge in [-0.1, -0.05) is 97.2 Å². The number of hydrogen-bond acceptors (Lipinski definition) is 8. The van der Waals surface area contributed by atoms with Crippen molar-refractivity contribution in [3.8, 4) is 23.0 Å². The summed E-state index contributed by atoms with van der Waals surface area (Å²) in [6, 6.07) is 27.5. The maximum atomic E-state index is 12.5. The van der Waals surface area contributed by atoms with E-state index >= 15 is 0 Å². The lowest BCUT2D eigenvalue weighted by molar-refractivity contribution is -0.124. The summed E-state index contributed by atoms with van der Waals surface area (Å²) in [6.45, 7) is 3.62. The second-order valence-electron chi connectivity index (χ2n) is 12.4. The summed E-state index contributed by atoms with van der Waals surface area (Å²) < 4.78 is 11.0. The molecular formula is C44H42Cl2N4O6. The van der Waals surface area contributed by atoms with Crippen LogP contribution >= 0.6 is 23.2 Å². The number of pyridine rings is 2. The quantitative estimate of drug-likeness (QED) is 0.0799. The van der Waals surface area contributed by atoms with Crippen LogP contribution in [-0.4, -0.2) is 45.2 Å². The van der Waals surface area contributed by atoms with E-state index in [9.17, 15) is 19.8 Å². The smallest absolute Gasteiger partial charge is 0.258 e. The number of fused-ring (bicyclic) bond motifs is 2. The first-order valence-electron chi connectivity index (χ1n) is 18.0. The van der Waals surface area contributed by atoms with E-state index in [2.05, 4.69) is 27.5 Å². The standard InChI is InChI=1S/C23H23ClN2O3.C21H19ClN2O3/c1-2-3-5-12-20(26-21(27)15-29-16-9-6-4-7-10-16)18-14-19(24)17-11-8-13-25-22(17)23(18)28;1-2-7-18(24-19(25)13-27-14-8-4-3-5-9-14)16-12-17(22)15-10-6-11-23-20(15)21(16)26/h4-14,20,28H,2-3,15H2,1H3,(H,26,27);2-12,18,26H,13H2,1H3,(H,24,25)/b12-5+;7-2+. The monoisotopic (exact) mass is 792 g/mol. The Kier molecular flexibility index (Phi) is 15.1. The van der Waals surface area contributed by atoms with Gasteiger partial charge in [-0.3, -0.25) is 19.6 Å². The number of benzene rings is 4. The lowest BCUT2D eigenvalue weighted by Gasteiger charge is -2.19. The van der Waals surface area contributed by atoms with Crippen LogP contribution in [0.25, 0.3) is 21.8 Å². The highest BCUT2D eigenvalue weighted by Crippen LogP contribution is 2.38. The molecule has 0 spiro atoms. The highest BCUT2D eigenvalue weighted by atomic mass is 35.5. The number of phenols is 2. The zero-order valence-electron chi connectivity index (χ0n) is 30.9. The number of amides is 2. The van der Waals surface area contributed by atoms with Gasteiger partial charge >= 0.3 is 0 Å². The Bertz CT molecular complexity index is 2300. The molecule has 6 rings (SSSR count). The first-order valence-corrected chi connectivity index (χ1v) is 18.7. The van der Waals surface area contributed by atoms with Crippen LogP contribution in [0.15, 0.2) is 134 Å². The van der Waals surface area contributed by atoms with Gasteiger partial charge in [-0.05, 0) is 74.0 Å². The van der Waals surface area contributed by atoms with Gasteiger partial charge < -0.3 is 30.3 Å². The van der Waals surface area contributed by atoms with E-state index in [-0.39, 0.29) is 36.5 Å². The molecule has 2 heterocycles. The lowest BCUT2D eigenvalue weighted by atomic mass is 10.0. The van der Waals surface area contributed by atoms with Gasteiger partial charge in [0.15, 0.2) is 13.2 Å². The molecule has 4 N–H and O–H groups in total. The van der Waals surface area contributed by atoms with Crippen molar-refractivity contribution in [3.63, 3.8) is 0 Å². The molecule has 0 aliphatic heterocycles. The van der Waals surface area contributed by atoms with E-state index in [1.165, 1.54) is 0 Å². The highest BCUT2D eigenvalue weighted by Gasteiger charge is 2.21. The zero-order valence-corrected chi connectivity index (χ0v) is 32.4. The molecule has 288 valence electrons. The summed E-state index contributed by atoms with van der Waals surface area (Å²) in [7, 11) is 0. The molecule has 2 unspecified atom stereocenters. The molecule has 10 nitrogen and oxygen atoms in total. The Morgan fingerprint density at radius 3 is 1.57 bits per heavy atom. The van der Waals surface area contributed by atoms with Gasteiger partial charge in [-0.25, -0.2) is 0 Å². The number of aromatic hydroxyl groups is 2. The Morgan fingerprint density at radius 2 is 1.14 bits per heavy atom. The lowest BCUT2D eigenvalue weighted by Crippen LogP contribution is -2.32. The molecule has 56 heavy (non-hydrogen) atoms. The molecule has 0 saturated carbocycles. The summed E-state index contributed by atoms with van der Waals surface area (Å²) in [5.41, 5.74) is 1.75. The molecule has 2 amide bonds. The van der Waals surface area contributed by atoms with E-state index in [0.717, 1.165) is 12.8 Å². The van der Waals surface area contributed by atoms with Crippen LogP contribution in [-0.2, 0) is 9.59 Å². The predicted molar refractivity (Wildman–Crippen MR) is 221 cm³/mol. The summed E-state index contributed by atoms with van der Waals surface area (Å²) >= 11 is 12.7. The molecule has 2 atom stereocenters. The van der Waals surface area contributed by atoms with Gasteiger partial charge in [0.2, 0.25) is 0 Å². The normalized spacial score (nSPS) is 12.2. The number of unbranched alkanes of at least 4 members (excludes halogenated alkanes) is 1. The third-order valence-corrected chi connectivity index (χ3v) is 9.01. The average Bonchev–Trinajstić information content (AvgIpc) is 3.22. The van der Waals surface area contributed by atoms with Crippen LogP contribution in [0, 0.1) is 0 Å². The summed E-state index contributed by atoms with van der Waals surface area (Å²) in [5, 5.41) is 29.4. The van der Waals surface area contributed by atoms with E-state index in [1.54, 1.807) is 85.2 Å². The number of hydrogen-bond donors (Lipinski definition) is 4. The number of aromatic nitrogens is 2. The van der Waals surface area contributed by atoms with E-state index < -0.39 is 12.1 Å². The van der Waals surface area contributed by atoms with Crippen molar-refractivity contribution in [1.82, 2.24) is 20.6 Å². The number of allylic oxidation sites excluding steroid dienone is 2. The van der Waals surface area contributed by atoms with Gasteiger partial charge in [0.1, 0.15) is 34.0 Å². The molecule has 0 fully saturated rings. The topological polar surface area (TPSA) is 143 Å². The second-order valence-corrected chi connectivity index (χ2v) is 13.2. The Hall–Kier alpha value is -6.10. The number of phenolic OH excluding ortho intramolecular Hbond substituents is 2. The maximum Gasteiger partial charge on any atom is 0.258 e. The first kappa shape index (κ1) is 41.1. The number of ether oxygens (including phenoxy) is 2. The van der Waals surface area contributed by atoms with Crippen molar-refractivity contribution in [3.05, 3.63) is 155 Å². The number of carbonyl (C=O) groups is 2. The third-order valence-electron chi connectivity index (χ3n) is 8.39. The molecule has 0 radical (unpaired) electrons. The van der Waals surface area contributed by atoms with Crippen LogP contribution in [0.5, 0.6) is 23.0 Å². The van der Waals surface area contributed by atoms with E-state index in [4.69, 9.17) is 32.7 Å². The SMILES string of the molecule is C/C=C/C(NC(=O)COc1ccccc1)c1cc(Cl)c2cccnc2c1O.CCC/C=C/C(NC(=O)COc1ccccc1)c1cc(Cl)c2cccnc2c1O. The van der Waals surface area contributed by atoms with Gasteiger partial charge in [0.05, 0.1) is 22.1 Å². The molecule has 0 aliphatic carbocycles. The van der Waals surface area contributed by atoms with Gasteiger partial charge in [-0.15, -0.1) is 0 Å². The number of carbonyl (C=O) groups excluding carboxylic acids is 2. The summed E-state index contributed by atoms with van der Waals surface area (Å²) in [5.74, 6) is 0.579. The van der Waals surface area contributed by atoms with Crippen LogP contribution in [0.2, 0.25) is 10.0 Å². The molecule has 2 aromatic heterocycles. The van der Waals surface area contributed by atoms with Gasteiger partial charge in [0.25, 0.3) is 11.8 Å². The van der Waals surface area contributed by atoms with E-state index in [1.807, 2.05) is 55.5 Å². The second kappa shape index (κ2) is 20.5. The minimum atomic E-state index is -0.564. The fraction of sp³-hybridized carbons (Fsp3) is 0.182. The van der Waals surface area contributed by atoms with Crippen molar-refractivity contribution < 1.29 is 29.3 Å². The van der Waals surface area contributed by atoms with Crippen molar-refractivity contribution in [1.29, 1.82) is 0 Å². The first-order chi connectivity index (χ1) is 27.2. The molecule has 12 heteroatoms. The van der Waals surface area contributed by atoms with E-state index in [0.29, 0.717) is 54.5 Å². The summed E-state index contributed by atoms with van der Waals surface area (Å²) in [6.07, 6.45) is 12.4. The minimum absolute atomic E-state index is 0.000395. The molecule has 0 bridgehead atoms. The van der Waals surface area contributed by atoms with Gasteiger partial charge in [-0.2, -0.15) is 0 Å². The highest BCUT2D eigenvalue weighted by molar-refractivity contribution is 6.36. The van der Waals surface area contributed by atoms with Crippen LogP contribution in [0.3, 0.4) is 0 Å². The largest absolute Gasteiger partial charge is 0.505 e. The van der Waals surface area contributed by atoms with Crippen molar-refractivity contribution >= 4 is 56.8 Å². The number of nitrogens with one attached hydrogen (secondary N) is 2. The Balaban J connectivity index is 0.000000215.